The van der Waals surface area contributed by atoms with Crippen LogP contribution in [0.5, 0.6) is 0 Å². The zero-order chi connectivity index (χ0) is 12.1. The standard InChI is InChI=1S/C11H21N3OS/c1-9-4-3-6-14(8-9)11(15)13(2)7-5-10(12)16/h9H,3-8H2,1-2H3,(H2,12,16). The second-order valence-corrected chi connectivity index (χ2v) is 5.14. The predicted octanol–water partition coefficient (Wildman–Crippen LogP) is 1.45. The van der Waals surface area contributed by atoms with Crippen molar-refractivity contribution in [1.82, 2.24) is 9.80 Å². The second kappa shape index (κ2) is 6.03. The van der Waals surface area contributed by atoms with Gasteiger partial charge in [0, 0.05) is 33.1 Å². The molecule has 1 heterocycles. The number of urea groups is 1. The Balaban J connectivity index is 2.40. The molecule has 0 aliphatic carbocycles. The SMILES string of the molecule is CC1CCCN(C(=O)N(C)CCC(N)=S)C1. The average molecular weight is 243 g/mol. The third kappa shape index (κ3) is 3.96. The number of hydrogen-bond acceptors (Lipinski definition) is 2. The zero-order valence-corrected chi connectivity index (χ0v) is 10.9. The highest BCUT2D eigenvalue weighted by atomic mass is 32.1. The molecular formula is C11H21N3OS. The number of carbonyl (C=O) groups is 1. The lowest BCUT2D eigenvalue weighted by Crippen LogP contribution is -2.46. The summed E-state index contributed by atoms with van der Waals surface area (Å²) in [7, 11) is 1.81. The lowest BCUT2D eigenvalue weighted by Gasteiger charge is -2.34. The maximum atomic E-state index is 12.0. The number of likely N-dealkylation sites (tertiary alicyclic amines) is 1. The topological polar surface area (TPSA) is 49.6 Å². The third-order valence-electron chi connectivity index (χ3n) is 2.95. The third-order valence-corrected chi connectivity index (χ3v) is 3.15. The number of rotatable bonds is 3. The average Bonchev–Trinajstić information content (AvgIpc) is 2.24. The van der Waals surface area contributed by atoms with Gasteiger partial charge in [-0.2, -0.15) is 0 Å². The first-order valence-corrected chi connectivity index (χ1v) is 6.20. The van der Waals surface area contributed by atoms with Crippen molar-refractivity contribution in [2.75, 3.05) is 26.7 Å². The van der Waals surface area contributed by atoms with E-state index in [1.165, 1.54) is 6.42 Å². The highest BCUT2D eigenvalue weighted by Crippen LogP contribution is 2.16. The largest absolute Gasteiger partial charge is 0.393 e. The molecule has 92 valence electrons. The molecule has 16 heavy (non-hydrogen) atoms. The molecule has 1 aliphatic heterocycles. The molecule has 1 saturated heterocycles. The van der Waals surface area contributed by atoms with E-state index in [4.69, 9.17) is 18.0 Å². The number of hydrogen-bond donors (Lipinski definition) is 1. The first-order valence-electron chi connectivity index (χ1n) is 5.79. The van der Waals surface area contributed by atoms with Gasteiger partial charge in [0.05, 0.1) is 4.99 Å². The van der Waals surface area contributed by atoms with E-state index >= 15 is 0 Å². The molecule has 4 nitrogen and oxygen atoms in total. The normalized spacial score (nSPS) is 20.6. The van der Waals surface area contributed by atoms with Crippen molar-refractivity contribution in [2.24, 2.45) is 11.7 Å². The zero-order valence-electron chi connectivity index (χ0n) is 10.1. The fourth-order valence-corrected chi connectivity index (χ4v) is 2.07. The quantitative estimate of drug-likeness (QED) is 0.763. The monoisotopic (exact) mass is 243 g/mol. The molecule has 1 rings (SSSR count). The minimum Gasteiger partial charge on any atom is -0.393 e. The van der Waals surface area contributed by atoms with Crippen LogP contribution in [-0.2, 0) is 0 Å². The van der Waals surface area contributed by atoms with Crippen LogP contribution in [0.1, 0.15) is 26.2 Å². The summed E-state index contributed by atoms with van der Waals surface area (Å²) in [4.78, 5) is 16.1. The summed E-state index contributed by atoms with van der Waals surface area (Å²) in [6, 6.07) is 0.0998. The Hall–Kier alpha value is -0.840. The van der Waals surface area contributed by atoms with Crippen molar-refractivity contribution < 1.29 is 4.79 Å². The highest BCUT2D eigenvalue weighted by Gasteiger charge is 2.23. The van der Waals surface area contributed by atoms with Crippen molar-refractivity contribution >= 4 is 23.2 Å². The predicted molar refractivity (Wildman–Crippen MR) is 69.4 cm³/mol. The van der Waals surface area contributed by atoms with E-state index in [1.807, 2.05) is 4.90 Å². The molecule has 2 amide bonds. The van der Waals surface area contributed by atoms with Crippen molar-refractivity contribution in [2.45, 2.75) is 26.2 Å². The first kappa shape index (κ1) is 13.2. The minimum atomic E-state index is 0.0998. The van der Waals surface area contributed by atoms with Gasteiger partial charge < -0.3 is 15.5 Å². The number of piperidine rings is 1. The number of amides is 2. The van der Waals surface area contributed by atoms with Crippen LogP contribution in [0, 0.1) is 5.92 Å². The summed E-state index contributed by atoms with van der Waals surface area (Å²) in [5.41, 5.74) is 5.42. The van der Waals surface area contributed by atoms with Gasteiger partial charge in [0.25, 0.3) is 0 Å². The minimum absolute atomic E-state index is 0.0998. The fourth-order valence-electron chi connectivity index (χ4n) is 1.98. The molecular weight excluding hydrogens is 222 g/mol. The molecule has 0 radical (unpaired) electrons. The smallest absolute Gasteiger partial charge is 0.319 e. The van der Waals surface area contributed by atoms with E-state index in [2.05, 4.69) is 6.92 Å². The van der Waals surface area contributed by atoms with Crippen molar-refractivity contribution in [1.29, 1.82) is 0 Å². The van der Waals surface area contributed by atoms with Crippen LogP contribution in [0.25, 0.3) is 0 Å². The molecule has 1 aliphatic rings. The molecule has 1 unspecified atom stereocenters. The van der Waals surface area contributed by atoms with Gasteiger partial charge in [-0.3, -0.25) is 0 Å². The Morgan fingerprint density at radius 2 is 2.31 bits per heavy atom. The Labute approximate surface area is 103 Å². The Morgan fingerprint density at radius 1 is 1.62 bits per heavy atom. The molecule has 0 aromatic rings. The molecule has 0 saturated carbocycles. The van der Waals surface area contributed by atoms with Crippen LogP contribution in [0.15, 0.2) is 0 Å². The summed E-state index contributed by atoms with van der Waals surface area (Å²) < 4.78 is 0. The van der Waals surface area contributed by atoms with Gasteiger partial charge in [0.1, 0.15) is 0 Å². The summed E-state index contributed by atoms with van der Waals surface area (Å²) in [6.45, 7) is 4.55. The van der Waals surface area contributed by atoms with Crippen molar-refractivity contribution in [3.05, 3.63) is 0 Å². The Bertz CT molecular complexity index is 270. The summed E-state index contributed by atoms with van der Waals surface area (Å²) in [5, 5.41) is 0. The first-order chi connectivity index (χ1) is 7.50. The molecule has 0 aromatic heterocycles. The number of carbonyl (C=O) groups excluding carboxylic acids is 1. The molecule has 0 aromatic carbocycles. The summed E-state index contributed by atoms with van der Waals surface area (Å²) >= 11 is 4.80. The molecule has 0 bridgehead atoms. The van der Waals surface area contributed by atoms with Gasteiger partial charge in [0.2, 0.25) is 0 Å². The second-order valence-electron chi connectivity index (χ2n) is 4.61. The van der Waals surface area contributed by atoms with Crippen molar-refractivity contribution in [3.8, 4) is 0 Å². The van der Waals surface area contributed by atoms with Crippen LogP contribution in [0.4, 0.5) is 4.79 Å². The molecule has 0 spiro atoms. The molecule has 1 atom stereocenters. The summed E-state index contributed by atoms with van der Waals surface area (Å²) in [5.74, 6) is 0.613. The van der Waals surface area contributed by atoms with Crippen LogP contribution in [0.2, 0.25) is 0 Å². The van der Waals surface area contributed by atoms with Gasteiger partial charge in [0.15, 0.2) is 0 Å². The van der Waals surface area contributed by atoms with Crippen LogP contribution in [0.3, 0.4) is 0 Å². The summed E-state index contributed by atoms with van der Waals surface area (Å²) in [6.07, 6.45) is 2.93. The van der Waals surface area contributed by atoms with Gasteiger partial charge in [-0.15, -0.1) is 0 Å². The van der Waals surface area contributed by atoms with E-state index < -0.39 is 0 Å². The van der Waals surface area contributed by atoms with Crippen LogP contribution < -0.4 is 5.73 Å². The number of thiocarbonyl (C=S) groups is 1. The van der Waals surface area contributed by atoms with E-state index in [0.29, 0.717) is 23.9 Å². The maximum Gasteiger partial charge on any atom is 0.319 e. The van der Waals surface area contributed by atoms with Gasteiger partial charge in [-0.1, -0.05) is 19.1 Å². The van der Waals surface area contributed by atoms with Crippen molar-refractivity contribution in [3.63, 3.8) is 0 Å². The van der Waals surface area contributed by atoms with Crippen LogP contribution in [-0.4, -0.2) is 47.5 Å². The van der Waals surface area contributed by atoms with Crippen LogP contribution >= 0.6 is 12.2 Å². The number of nitrogens with two attached hydrogens (primary N) is 1. The molecule has 5 heteroatoms. The van der Waals surface area contributed by atoms with E-state index in [0.717, 1.165) is 19.5 Å². The number of nitrogens with zero attached hydrogens (tertiary/aromatic N) is 2. The van der Waals surface area contributed by atoms with E-state index in [-0.39, 0.29) is 6.03 Å². The molecule has 1 fully saturated rings. The lowest BCUT2D eigenvalue weighted by molar-refractivity contribution is 0.140. The fraction of sp³-hybridized carbons (Fsp3) is 0.818. The van der Waals surface area contributed by atoms with E-state index in [9.17, 15) is 4.79 Å². The highest BCUT2D eigenvalue weighted by molar-refractivity contribution is 7.80. The Morgan fingerprint density at radius 3 is 2.88 bits per heavy atom. The maximum absolute atomic E-state index is 12.0. The van der Waals surface area contributed by atoms with Gasteiger partial charge in [-0.25, -0.2) is 4.79 Å². The Kier molecular flexibility index (Phi) is 4.99. The van der Waals surface area contributed by atoms with Gasteiger partial charge >= 0.3 is 6.03 Å². The van der Waals surface area contributed by atoms with E-state index in [1.54, 1.807) is 11.9 Å². The van der Waals surface area contributed by atoms with Gasteiger partial charge in [-0.05, 0) is 18.8 Å². The molecule has 2 N–H and O–H groups in total. The lowest BCUT2D eigenvalue weighted by atomic mass is 10.0.